The van der Waals surface area contributed by atoms with Crippen molar-refractivity contribution in [1.29, 1.82) is 0 Å². The molecule has 0 saturated carbocycles. The lowest BCUT2D eigenvalue weighted by atomic mass is 9.94. The Hall–Kier alpha value is -3.24. The Morgan fingerprint density at radius 3 is 2.45 bits per heavy atom. The lowest BCUT2D eigenvalue weighted by Crippen LogP contribution is -2.21. The number of para-hydroxylation sites is 1. The van der Waals surface area contributed by atoms with Crippen molar-refractivity contribution in [1.82, 2.24) is 0 Å². The molecule has 5 heteroatoms. The first kappa shape index (κ1) is 21.0. The Labute approximate surface area is 186 Å². The first-order valence-corrected chi connectivity index (χ1v) is 10.8. The number of carbonyl (C=O) groups excluding carboxylic acids is 2. The second-order valence-corrected chi connectivity index (χ2v) is 7.97. The Kier molecular flexibility index (Phi) is 6.01. The summed E-state index contributed by atoms with van der Waals surface area (Å²) in [7, 11) is 0. The van der Waals surface area contributed by atoms with Crippen LogP contribution in [0.3, 0.4) is 0 Å². The van der Waals surface area contributed by atoms with Crippen molar-refractivity contribution in [2.75, 3.05) is 5.32 Å². The summed E-state index contributed by atoms with van der Waals surface area (Å²) >= 11 is 6.02. The maximum atomic E-state index is 11.8. The standard InChI is InChI=1S/C16H14ClNO.C10H9NO/c1-2-13-14-9-11(6-7-15(14)18-16(13)19)10-4-3-5-12(17)8-10;1-2-7-8-5-3-4-6-9(8)11-10(7)12/h3-9,13H,2H2,1H3,(H,18,19);3-6H,2H2,1H3. The molecular formula is C26H23ClN2O2. The number of carbonyl (C=O) groups is 2. The van der Waals surface area contributed by atoms with Gasteiger partial charge in [0.25, 0.3) is 5.91 Å². The number of amides is 2. The number of halogens is 1. The summed E-state index contributed by atoms with van der Waals surface area (Å²) in [5, 5.41) is 5.47. The van der Waals surface area contributed by atoms with Crippen molar-refractivity contribution in [3.8, 4) is 11.1 Å². The van der Waals surface area contributed by atoms with Crippen molar-refractivity contribution in [3.05, 3.63) is 87.9 Å². The van der Waals surface area contributed by atoms with Crippen molar-refractivity contribution < 1.29 is 9.59 Å². The van der Waals surface area contributed by atoms with E-state index in [-0.39, 0.29) is 17.7 Å². The molecule has 0 aliphatic carbocycles. The van der Waals surface area contributed by atoms with E-state index >= 15 is 0 Å². The van der Waals surface area contributed by atoms with E-state index in [1.165, 1.54) is 0 Å². The van der Waals surface area contributed by atoms with Crippen molar-refractivity contribution in [2.45, 2.75) is 32.6 Å². The van der Waals surface area contributed by atoms with E-state index in [0.717, 1.165) is 56.4 Å². The average molecular weight is 431 g/mol. The van der Waals surface area contributed by atoms with Crippen LogP contribution < -0.4 is 15.9 Å². The lowest BCUT2D eigenvalue weighted by Gasteiger charge is -2.08. The molecule has 4 nitrogen and oxygen atoms in total. The van der Waals surface area contributed by atoms with Crippen LogP contribution in [-0.4, -0.2) is 11.8 Å². The van der Waals surface area contributed by atoms with Gasteiger partial charge in [0, 0.05) is 21.5 Å². The predicted molar refractivity (Wildman–Crippen MR) is 124 cm³/mol. The molecule has 1 atom stereocenters. The van der Waals surface area contributed by atoms with Gasteiger partial charge in [0.1, 0.15) is 0 Å². The minimum absolute atomic E-state index is 0.0332. The van der Waals surface area contributed by atoms with Crippen LogP contribution in [0.25, 0.3) is 16.7 Å². The maximum Gasteiger partial charge on any atom is 0.274 e. The van der Waals surface area contributed by atoms with Gasteiger partial charge in [-0.05, 0) is 59.9 Å². The number of hydrogen-bond donors (Lipinski definition) is 1. The molecule has 0 saturated heterocycles. The number of benzene rings is 3. The van der Waals surface area contributed by atoms with Gasteiger partial charge in [0.05, 0.1) is 11.3 Å². The molecule has 2 aliphatic heterocycles. The second-order valence-electron chi connectivity index (χ2n) is 7.53. The van der Waals surface area contributed by atoms with E-state index in [0.29, 0.717) is 0 Å². The topological polar surface area (TPSA) is 58.5 Å². The summed E-state index contributed by atoms with van der Waals surface area (Å²) < 4.78 is 0. The molecule has 2 amide bonds. The van der Waals surface area contributed by atoms with Crippen molar-refractivity contribution in [3.63, 3.8) is 0 Å². The summed E-state index contributed by atoms with van der Waals surface area (Å²) in [6.07, 6.45) is 1.58. The highest BCUT2D eigenvalue weighted by molar-refractivity contribution is 6.30. The van der Waals surface area contributed by atoms with Crippen molar-refractivity contribution >= 4 is 34.7 Å². The van der Waals surface area contributed by atoms with Gasteiger partial charge >= 0.3 is 0 Å². The van der Waals surface area contributed by atoms with Crippen molar-refractivity contribution in [2.24, 2.45) is 4.99 Å². The van der Waals surface area contributed by atoms with E-state index < -0.39 is 0 Å². The third-order valence-corrected chi connectivity index (χ3v) is 5.87. The van der Waals surface area contributed by atoms with Crippen LogP contribution in [0.4, 0.5) is 5.69 Å². The Bertz CT molecular complexity index is 1300. The van der Waals surface area contributed by atoms with E-state index in [4.69, 9.17) is 11.6 Å². The van der Waals surface area contributed by atoms with Gasteiger partial charge in [-0.3, -0.25) is 9.59 Å². The van der Waals surface area contributed by atoms with E-state index in [9.17, 15) is 9.59 Å². The third kappa shape index (κ3) is 4.17. The molecule has 5 rings (SSSR count). The van der Waals surface area contributed by atoms with Crippen LogP contribution >= 0.6 is 11.6 Å². The number of anilines is 1. The van der Waals surface area contributed by atoms with E-state index in [2.05, 4.69) is 16.4 Å². The predicted octanol–water partition coefficient (Wildman–Crippen LogP) is 4.86. The van der Waals surface area contributed by atoms with Gasteiger partial charge in [0.2, 0.25) is 5.91 Å². The zero-order valence-electron chi connectivity index (χ0n) is 17.5. The number of nitrogens with one attached hydrogen (secondary N) is 1. The van der Waals surface area contributed by atoms with Crippen LogP contribution in [0.5, 0.6) is 0 Å². The molecule has 0 fully saturated rings. The van der Waals surface area contributed by atoms with E-state index in [1.54, 1.807) is 0 Å². The van der Waals surface area contributed by atoms with Gasteiger partial charge in [0.15, 0.2) is 0 Å². The molecule has 2 heterocycles. The zero-order chi connectivity index (χ0) is 22.0. The SMILES string of the molecule is CCC1=c2ccccc2=NC1=O.CCC1C(=O)Nc2ccc(-c3cccc(Cl)c3)cc21. The van der Waals surface area contributed by atoms with Gasteiger partial charge in [-0.25, -0.2) is 4.99 Å². The molecule has 0 spiro atoms. The van der Waals surface area contributed by atoms with Gasteiger partial charge in [-0.15, -0.1) is 0 Å². The highest BCUT2D eigenvalue weighted by Gasteiger charge is 2.29. The molecule has 0 bridgehead atoms. The van der Waals surface area contributed by atoms with Gasteiger partial charge < -0.3 is 5.32 Å². The summed E-state index contributed by atoms with van der Waals surface area (Å²) in [6.45, 7) is 4.01. The first-order chi connectivity index (χ1) is 15.0. The van der Waals surface area contributed by atoms with Crippen LogP contribution in [-0.2, 0) is 9.59 Å². The number of nitrogens with zero attached hydrogens (tertiary/aromatic N) is 1. The second kappa shape index (κ2) is 8.86. The van der Waals surface area contributed by atoms with Crippen LogP contribution in [0.1, 0.15) is 38.2 Å². The summed E-state index contributed by atoms with van der Waals surface area (Å²) in [4.78, 5) is 27.0. The molecule has 31 heavy (non-hydrogen) atoms. The van der Waals surface area contributed by atoms with Crippen LogP contribution in [0, 0.1) is 0 Å². The molecule has 1 N–H and O–H groups in total. The molecule has 156 valence electrons. The summed E-state index contributed by atoms with van der Waals surface area (Å²) in [6, 6.07) is 21.5. The van der Waals surface area contributed by atoms with Crippen LogP contribution in [0.2, 0.25) is 5.02 Å². The first-order valence-electron chi connectivity index (χ1n) is 10.4. The molecular weight excluding hydrogens is 408 g/mol. The fraction of sp³-hybridized carbons (Fsp3) is 0.192. The Balaban J connectivity index is 0.000000166. The number of hydrogen-bond acceptors (Lipinski definition) is 2. The molecule has 3 aromatic carbocycles. The van der Waals surface area contributed by atoms with Gasteiger partial charge in [-0.1, -0.05) is 61.8 Å². The number of fused-ring (bicyclic) bond motifs is 2. The molecule has 1 unspecified atom stereocenters. The third-order valence-electron chi connectivity index (χ3n) is 5.63. The molecule has 2 aliphatic rings. The molecule has 0 aromatic heterocycles. The fourth-order valence-corrected chi connectivity index (χ4v) is 4.23. The summed E-state index contributed by atoms with van der Waals surface area (Å²) in [5.74, 6) is -0.00595. The van der Waals surface area contributed by atoms with Crippen LogP contribution in [0.15, 0.2) is 71.7 Å². The quantitative estimate of drug-likeness (QED) is 0.645. The smallest absolute Gasteiger partial charge is 0.274 e. The minimum Gasteiger partial charge on any atom is -0.325 e. The largest absolute Gasteiger partial charge is 0.325 e. The highest BCUT2D eigenvalue weighted by atomic mass is 35.5. The Morgan fingerprint density at radius 1 is 0.935 bits per heavy atom. The normalized spacial score (nSPS) is 16.1. The van der Waals surface area contributed by atoms with E-state index in [1.807, 2.05) is 74.5 Å². The highest BCUT2D eigenvalue weighted by Crippen LogP contribution is 2.37. The zero-order valence-corrected chi connectivity index (χ0v) is 18.2. The lowest BCUT2D eigenvalue weighted by molar-refractivity contribution is -0.117. The van der Waals surface area contributed by atoms with Gasteiger partial charge in [-0.2, -0.15) is 0 Å². The average Bonchev–Trinajstić information content (AvgIpc) is 3.27. The Morgan fingerprint density at radius 2 is 1.71 bits per heavy atom. The molecule has 0 radical (unpaired) electrons. The molecule has 3 aromatic rings. The summed E-state index contributed by atoms with van der Waals surface area (Å²) in [5.41, 5.74) is 5.03. The minimum atomic E-state index is -0.0706. The number of rotatable bonds is 3. The monoisotopic (exact) mass is 430 g/mol. The maximum absolute atomic E-state index is 11.8. The fourth-order valence-electron chi connectivity index (χ4n) is 4.04.